The molecule has 2 atom stereocenters. The fourth-order valence-corrected chi connectivity index (χ4v) is 1.24. The molecule has 0 aliphatic heterocycles. The SMILES string of the molecule is [CH2]CCC(C)C(C)C(C)C. The highest BCUT2D eigenvalue weighted by molar-refractivity contribution is 4.65. The van der Waals surface area contributed by atoms with E-state index in [0.717, 1.165) is 24.2 Å². The molecule has 2 unspecified atom stereocenters. The Hall–Kier alpha value is 0. The predicted octanol–water partition coefficient (Wildman–Crippen LogP) is 3.53. The lowest BCUT2D eigenvalue weighted by molar-refractivity contribution is 0.283. The summed E-state index contributed by atoms with van der Waals surface area (Å²) in [6.07, 6.45) is 2.36. The van der Waals surface area contributed by atoms with Crippen LogP contribution in [0.3, 0.4) is 0 Å². The monoisotopic (exact) mass is 141 g/mol. The van der Waals surface area contributed by atoms with Gasteiger partial charge in [-0.15, -0.1) is 0 Å². The number of hydrogen-bond acceptors (Lipinski definition) is 0. The van der Waals surface area contributed by atoms with Crippen LogP contribution in [0.2, 0.25) is 0 Å². The van der Waals surface area contributed by atoms with E-state index in [0.29, 0.717) is 0 Å². The summed E-state index contributed by atoms with van der Waals surface area (Å²) in [4.78, 5) is 0. The lowest BCUT2D eigenvalue weighted by Gasteiger charge is -2.22. The first-order chi connectivity index (χ1) is 4.59. The molecule has 0 N–H and O–H groups in total. The molecular formula is C10H21. The minimum Gasteiger partial charge on any atom is -0.0625 e. The Morgan fingerprint density at radius 1 is 1.10 bits per heavy atom. The van der Waals surface area contributed by atoms with Gasteiger partial charge < -0.3 is 0 Å². The zero-order valence-corrected chi connectivity index (χ0v) is 7.85. The fourth-order valence-electron chi connectivity index (χ4n) is 1.24. The van der Waals surface area contributed by atoms with E-state index in [4.69, 9.17) is 0 Å². The van der Waals surface area contributed by atoms with Crippen molar-refractivity contribution in [2.24, 2.45) is 17.8 Å². The molecule has 0 fully saturated rings. The van der Waals surface area contributed by atoms with Crippen LogP contribution in [0, 0.1) is 24.7 Å². The van der Waals surface area contributed by atoms with Crippen LogP contribution in [-0.4, -0.2) is 0 Å². The lowest BCUT2D eigenvalue weighted by atomic mass is 9.84. The van der Waals surface area contributed by atoms with E-state index in [1.807, 2.05) is 0 Å². The Bertz CT molecular complexity index is 74.1. The highest BCUT2D eigenvalue weighted by Crippen LogP contribution is 2.23. The molecule has 10 heavy (non-hydrogen) atoms. The summed E-state index contributed by atoms with van der Waals surface area (Å²) in [5, 5.41) is 0. The molecule has 0 nitrogen and oxygen atoms in total. The topological polar surface area (TPSA) is 0 Å². The van der Waals surface area contributed by atoms with Crippen molar-refractivity contribution in [1.29, 1.82) is 0 Å². The highest BCUT2D eigenvalue weighted by atomic mass is 14.2. The molecule has 61 valence electrons. The zero-order valence-electron chi connectivity index (χ0n) is 7.85. The quantitative estimate of drug-likeness (QED) is 0.562. The first-order valence-corrected chi connectivity index (χ1v) is 4.38. The van der Waals surface area contributed by atoms with Crippen LogP contribution in [0.15, 0.2) is 0 Å². The number of rotatable bonds is 4. The third kappa shape index (κ3) is 3.24. The molecule has 0 rings (SSSR count). The van der Waals surface area contributed by atoms with E-state index >= 15 is 0 Å². The molecule has 0 aromatic rings. The average Bonchev–Trinajstić information content (AvgIpc) is 1.87. The number of hydrogen-bond donors (Lipinski definition) is 0. The zero-order chi connectivity index (χ0) is 8.15. The Balaban J connectivity index is 3.58. The predicted molar refractivity (Wildman–Crippen MR) is 47.8 cm³/mol. The third-order valence-corrected chi connectivity index (χ3v) is 2.61. The van der Waals surface area contributed by atoms with Crippen molar-refractivity contribution in [2.75, 3.05) is 0 Å². The standard InChI is InChI=1S/C10H21/c1-6-7-9(4)10(5)8(2)3/h8-10H,1,6-7H2,2-5H3. The van der Waals surface area contributed by atoms with E-state index in [2.05, 4.69) is 34.6 Å². The van der Waals surface area contributed by atoms with Crippen molar-refractivity contribution in [1.82, 2.24) is 0 Å². The third-order valence-electron chi connectivity index (χ3n) is 2.61. The Morgan fingerprint density at radius 3 is 1.90 bits per heavy atom. The maximum atomic E-state index is 3.87. The van der Waals surface area contributed by atoms with Gasteiger partial charge in [-0.1, -0.05) is 47.5 Å². The molecule has 0 heterocycles. The Labute approximate surface area is 66.0 Å². The minimum absolute atomic E-state index is 0.821. The lowest BCUT2D eigenvalue weighted by Crippen LogP contribution is -2.13. The van der Waals surface area contributed by atoms with Gasteiger partial charge in [0.2, 0.25) is 0 Å². The second-order valence-electron chi connectivity index (χ2n) is 3.72. The van der Waals surface area contributed by atoms with Gasteiger partial charge in [-0.3, -0.25) is 0 Å². The molecule has 0 amide bonds. The average molecular weight is 141 g/mol. The van der Waals surface area contributed by atoms with Crippen LogP contribution < -0.4 is 0 Å². The largest absolute Gasteiger partial charge is 0.0625 e. The molecule has 0 saturated carbocycles. The van der Waals surface area contributed by atoms with Gasteiger partial charge in [-0.05, 0) is 17.8 Å². The van der Waals surface area contributed by atoms with Crippen molar-refractivity contribution in [3.63, 3.8) is 0 Å². The van der Waals surface area contributed by atoms with E-state index in [1.54, 1.807) is 0 Å². The van der Waals surface area contributed by atoms with Crippen LogP contribution in [0.25, 0.3) is 0 Å². The van der Waals surface area contributed by atoms with E-state index in [-0.39, 0.29) is 0 Å². The van der Waals surface area contributed by atoms with Gasteiger partial charge in [0.05, 0.1) is 0 Å². The second kappa shape index (κ2) is 4.76. The molecule has 0 aromatic carbocycles. The molecule has 0 heteroatoms. The van der Waals surface area contributed by atoms with Crippen molar-refractivity contribution < 1.29 is 0 Å². The molecule has 0 aromatic heterocycles. The second-order valence-corrected chi connectivity index (χ2v) is 3.72. The van der Waals surface area contributed by atoms with Gasteiger partial charge in [-0.2, -0.15) is 0 Å². The van der Waals surface area contributed by atoms with Gasteiger partial charge in [0.1, 0.15) is 0 Å². The van der Waals surface area contributed by atoms with Crippen LogP contribution in [-0.2, 0) is 0 Å². The summed E-state index contributed by atoms with van der Waals surface area (Å²) in [5.74, 6) is 2.51. The first-order valence-electron chi connectivity index (χ1n) is 4.38. The van der Waals surface area contributed by atoms with Crippen molar-refractivity contribution >= 4 is 0 Å². The summed E-state index contributed by atoms with van der Waals surface area (Å²) in [6, 6.07) is 0. The molecule has 0 aliphatic carbocycles. The fraction of sp³-hybridized carbons (Fsp3) is 0.900. The summed E-state index contributed by atoms with van der Waals surface area (Å²) in [6.45, 7) is 13.1. The summed E-state index contributed by atoms with van der Waals surface area (Å²) >= 11 is 0. The summed E-state index contributed by atoms with van der Waals surface area (Å²) in [5.41, 5.74) is 0. The summed E-state index contributed by atoms with van der Waals surface area (Å²) < 4.78 is 0. The Kier molecular flexibility index (Phi) is 4.76. The van der Waals surface area contributed by atoms with E-state index < -0.39 is 0 Å². The molecular weight excluding hydrogens is 120 g/mol. The maximum Gasteiger partial charge on any atom is -0.0394 e. The van der Waals surface area contributed by atoms with Crippen LogP contribution >= 0.6 is 0 Å². The van der Waals surface area contributed by atoms with E-state index in [1.165, 1.54) is 6.42 Å². The molecule has 0 bridgehead atoms. The molecule has 0 saturated heterocycles. The first kappa shape index (κ1) is 10.0. The minimum atomic E-state index is 0.821. The van der Waals surface area contributed by atoms with Gasteiger partial charge in [0.15, 0.2) is 0 Å². The van der Waals surface area contributed by atoms with Gasteiger partial charge in [0.25, 0.3) is 0 Å². The molecule has 0 spiro atoms. The molecule has 1 radical (unpaired) electrons. The van der Waals surface area contributed by atoms with Gasteiger partial charge in [0, 0.05) is 0 Å². The highest BCUT2D eigenvalue weighted by Gasteiger charge is 2.13. The summed E-state index contributed by atoms with van der Waals surface area (Å²) in [7, 11) is 0. The molecule has 0 aliphatic rings. The van der Waals surface area contributed by atoms with Crippen molar-refractivity contribution in [3.05, 3.63) is 6.92 Å². The van der Waals surface area contributed by atoms with Crippen molar-refractivity contribution in [3.8, 4) is 0 Å². The van der Waals surface area contributed by atoms with Crippen molar-refractivity contribution in [2.45, 2.75) is 40.5 Å². The maximum absolute atomic E-state index is 3.87. The van der Waals surface area contributed by atoms with Crippen LogP contribution in [0.1, 0.15) is 40.5 Å². The van der Waals surface area contributed by atoms with Crippen LogP contribution in [0.5, 0.6) is 0 Å². The van der Waals surface area contributed by atoms with Crippen LogP contribution in [0.4, 0.5) is 0 Å². The van der Waals surface area contributed by atoms with Gasteiger partial charge >= 0.3 is 0 Å². The van der Waals surface area contributed by atoms with Gasteiger partial charge in [-0.25, -0.2) is 0 Å². The van der Waals surface area contributed by atoms with E-state index in [9.17, 15) is 0 Å². The normalized spacial score (nSPS) is 17.4. The smallest absolute Gasteiger partial charge is 0.0394 e. The Morgan fingerprint density at radius 2 is 1.60 bits per heavy atom.